The van der Waals surface area contributed by atoms with Gasteiger partial charge in [0.25, 0.3) is 5.91 Å². The van der Waals surface area contributed by atoms with E-state index in [0.717, 1.165) is 12.1 Å². The van der Waals surface area contributed by atoms with E-state index in [0.29, 0.717) is 0 Å². The Morgan fingerprint density at radius 3 is 2.48 bits per heavy atom. The number of hydrogen-bond donors (Lipinski definition) is 1. The molecule has 27 heavy (non-hydrogen) atoms. The molecule has 0 spiro atoms. The maximum absolute atomic E-state index is 13.2. The van der Waals surface area contributed by atoms with Crippen molar-refractivity contribution in [3.63, 3.8) is 0 Å². The molecule has 3 rings (SSSR count). The van der Waals surface area contributed by atoms with E-state index in [4.69, 9.17) is 0 Å². The van der Waals surface area contributed by atoms with Gasteiger partial charge in [0.05, 0.1) is 5.92 Å². The molecule has 0 bridgehead atoms. The Balaban J connectivity index is 1.55. The minimum absolute atomic E-state index is 0.00962. The van der Waals surface area contributed by atoms with Gasteiger partial charge in [-0.05, 0) is 30.3 Å². The second kappa shape index (κ2) is 7.65. The molecule has 2 aromatic carbocycles. The molecule has 0 aliphatic carbocycles. The number of amides is 2. The molecule has 2 amide bonds. The van der Waals surface area contributed by atoms with E-state index in [1.54, 1.807) is 0 Å². The first kappa shape index (κ1) is 18.7. The van der Waals surface area contributed by atoms with E-state index in [9.17, 15) is 27.2 Å². The van der Waals surface area contributed by atoms with Crippen LogP contribution in [0.15, 0.2) is 42.5 Å². The highest BCUT2D eigenvalue weighted by molar-refractivity contribution is 5.98. The Labute approximate surface area is 151 Å². The number of benzene rings is 2. The van der Waals surface area contributed by atoms with E-state index in [-0.39, 0.29) is 30.1 Å². The van der Waals surface area contributed by atoms with E-state index in [1.807, 2.05) is 0 Å². The van der Waals surface area contributed by atoms with Gasteiger partial charge in [0.15, 0.2) is 11.6 Å². The number of ether oxygens (including phenoxy) is 1. The van der Waals surface area contributed by atoms with Crippen LogP contribution in [0.2, 0.25) is 0 Å². The van der Waals surface area contributed by atoms with E-state index < -0.39 is 36.0 Å². The number of rotatable bonds is 5. The monoisotopic (exact) mass is 382 g/mol. The Morgan fingerprint density at radius 2 is 1.81 bits per heavy atom. The lowest BCUT2D eigenvalue weighted by Gasteiger charge is -2.38. The zero-order valence-corrected chi connectivity index (χ0v) is 13.8. The Kier molecular flexibility index (Phi) is 5.29. The van der Waals surface area contributed by atoms with Gasteiger partial charge in [-0.2, -0.15) is 8.78 Å². The van der Waals surface area contributed by atoms with Crippen molar-refractivity contribution in [1.82, 2.24) is 4.90 Å². The second-order valence-electron chi connectivity index (χ2n) is 5.93. The first-order chi connectivity index (χ1) is 12.8. The maximum atomic E-state index is 13.2. The lowest BCUT2D eigenvalue weighted by atomic mass is 9.97. The van der Waals surface area contributed by atoms with Crippen LogP contribution in [0.4, 0.5) is 23.2 Å². The predicted molar refractivity (Wildman–Crippen MR) is 87.5 cm³/mol. The minimum Gasteiger partial charge on any atom is -0.435 e. The highest BCUT2D eigenvalue weighted by atomic mass is 19.3. The summed E-state index contributed by atoms with van der Waals surface area (Å²) in [6, 6.07) is 8.38. The molecule has 1 N–H and O–H groups in total. The quantitative estimate of drug-likeness (QED) is 0.808. The first-order valence-corrected chi connectivity index (χ1v) is 7.93. The number of hydrogen-bond acceptors (Lipinski definition) is 3. The molecule has 0 unspecified atom stereocenters. The zero-order chi connectivity index (χ0) is 19.6. The summed E-state index contributed by atoms with van der Waals surface area (Å²) >= 11 is 0. The molecular formula is C18H14F4N2O3. The average Bonchev–Trinajstić information content (AvgIpc) is 2.55. The highest BCUT2D eigenvalue weighted by Gasteiger charge is 2.36. The average molecular weight is 382 g/mol. The molecule has 0 saturated carbocycles. The van der Waals surface area contributed by atoms with E-state index >= 15 is 0 Å². The molecule has 1 fully saturated rings. The standard InChI is InChI=1S/C18H14F4N2O3/c19-14-5-4-10(6-15(14)20)17(26)24-8-11(9-24)16(25)23-12-2-1-3-13(7-12)27-18(21)22/h1-7,11,18H,8-9H2,(H,23,25). The van der Waals surface area contributed by atoms with Gasteiger partial charge in [-0.25, -0.2) is 8.78 Å². The van der Waals surface area contributed by atoms with Gasteiger partial charge in [-0.1, -0.05) is 6.07 Å². The summed E-state index contributed by atoms with van der Waals surface area (Å²) in [7, 11) is 0. The molecule has 9 heteroatoms. The third-order valence-electron chi connectivity index (χ3n) is 4.03. The lowest BCUT2D eigenvalue weighted by Crippen LogP contribution is -2.54. The van der Waals surface area contributed by atoms with Gasteiger partial charge >= 0.3 is 6.61 Å². The number of nitrogens with zero attached hydrogens (tertiary/aromatic N) is 1. The van der Waals surface area contributed by atoms with Crippen molar-refractivity contribution in [1.29, 1.82) is 0 Å². The lowest BCUT2D eigenvalue weighted by molar-refractivity contribution is -0.123. The van der Waals surface area contributed by atoms with Crippen molar-refractivity contribution in [3.8, 4) is 5.75 Å². The summed E-state index contributed by atoms with van der Waals surface area (Å²) in [5.41, 5.74) is 0.271. The zero-order valence-electron chi connectivity index (χ0n) is 13.8. The Hall–Kier alpha value is -3.10. The number of carbonyl (C=O) groups is 2. The fourth-order valence-electron chi connectivity index (χ4n) is 2.62. The van der Waals surface area contributed by atoms with Crippen LogP contribution >= 0.6 is 0 Å². The van der Waals surface area contributed by atoms with Gasteiger partial charge in [0, 0.05) is 30.4 Å². The van der Waals surface area contributed by atoms with Crippen LogP contribution in [0.5, 0.6) is 5.75 Å². The summed E-state index contributed by atoms with van der Waals surface area (Å²) in [6.45, 7) is -2.76. The molecule has 1 aliphatic rings. The minimum atomic E-state index is -2.97. The summed E-state index contributed by atoms with van der Waals surface area (Å²) < 4.78 is 54.8. The maximum Gasteiger partial charge on any atom is 0.387 e. The molecular weight excluding hydrogens is 368 g/mol. The molecule has 2 aromatic rings. The summed E-state index contributed by atoms with van der Waals surface area (Å²) in [6.07, 6.45) is 0. The molecule has 1 aliphatic heterocycles. The van der Waals surface area contributed by atoms with Gasteiger partial charge in [0.1, 0.15) is 5.75 Å². The number of anilines is 1. The molecule has 1 heterocycles. The van der Waals surface area contributed by atoms with Crippen molar-refractivity contribution in [2.45, 2.75) is 6.61 Å². The van der Waals surface area contributed by atoms with Gasteiger partial charge in [-0.15, -0.1) is 0 Å². The number of likely N-dealkylation sites (tertiary alicyclic amines) is 1. The highest BCUT2D eigenvalue weighted by Crippen LogP contribution is 2.23. The van der Waals surface area contributed by atoms with Crippen LogP contribution in [0.3, 0.4) is 0 Å². The van der Waals surface area contributed by atoms with Crippen LogP contribution in [0.25, 0.3) is 0 Å². The molecule has 1 saturated heterocycles. The van der Waals surface area contributed by atoms with Gasteiger partial charge < -0.3 is 15.0 Å². The number of halogens is 4. The molecule has 5 nitrogen and oxygen atoms in total. The molecule has 0 aromatic heterocycles. The van der Waals surface area contributed by atoms with E-state index in [1.165, 1.54) is 35.2 Å². The summed E-state index contributed by atoms with van der Waals surface area (Å²) in [4.78, 5) is 25.7. The number of nitrogens with one attached hydrogen (secondary N) is 1. The third-order valence-corrected chi connectivity index (χ3v) is 4.03. The Morgan fingerprint density at radius 1 is 1.07 bits per heavy atom. The fourth-order valence-corrected chi connectivity index (χ4v) is 2.62. The van der Waals surface area contributed by atoms with Crippen LogP contribution in [0, 0.1) is 17.6 Å². The summed E-state index contributed by atoms with van der Waals surface area (Å²) in [5.74, 6) is -3.67. The summed E-state index contributed by atoms with van der Waals surface area (Å²) in [5, 5.41) is 2.56. The van der Waals surface area contributed by atoms with Crippen LogP contribution in [-0.2, 0) is 4.79 Å². The van der Waals surface area contributed by atoms with Crippen molar-refractivity contribution >= 4 is 17.5 Å². The first-order valence-electron chi connectivity index (χ1n) is 7.93. The largest absolute Gasteiger partial charge is 0.435 e. The van der Waals surface area contributed by atoms with Gasteiger partial charge in [0.2, 0.25) is 5.91 Å². The number of alkyl halides is 2. The van der Waals surface area contributed by atoms with Crippen molar-refractivity contribution in [2.75, 3.05) is 18.4 Å². The second-order valence-corrected chi connectivity index (χ2v) is 5.93. The smallest absolute Gasteiger partial charge is 0.387 e. The topological polar surface area (TPSA) is 58.6 Å². The van der Waals surface area contributed by atoms with Crippen LogP contribution in [0.1, 0.15) is 10.4 Å². The van der Waals surface area contributed by atoms with E-state index in [2.05, 4.69) is 10.1 Å². The van der Waals surface area contributed by atoms with Crippen molar-refractivity contribution in [3.05, 3.63) is 59.7 Å². The SMILES string of the molecule is O=C(Nc1cccc(OC(F)F)c1)C1CN(C(=O)c2ccc(F)c(F)c2)C1. The number of carbonyl (C=O) groups excluding carboxylic acids is 2. The molecule has 142 valence electrons. The van der Waals surface area contributed by atoms with Crippen LogP contribution < -0.4 is 10.1 Å². The van der Waals surface area contributed by atoms with Crippen molar-refractivity contribution < 1.29 is 31.9 Å². The fraction of sp³-hybridized carbons (Fsp3) is 0.222. The predicted octanol–water partition coefficient (Wildman–Crippen LogP) is 3.28. The normalized spacial score (nSPS) is 14.0. The molecule has 0 atom stereocenters. The molecule has 0 radical (unpaired) electrons. The third kappa shape index (κ3) is 4.36. The van der Waals surface area contributed by atoms with Crippen molar-refractivity contribution in [2.24, 2.45) is 5.92 Å². The Bertz CT molecular complexity index is 869. The van der Waals surface area contributed by atoms with Gasteiger partial charge in [-0.3, -0.25) is 9.59 Å². The van der Waals surface area contributed by atoms with Crippen LogP contribution in [-0.4, -0.2) is 36.4 Å².